The van der Waals surface area contributed by atoms with Crippen molar-refractivity contribution in [3.05, 3.63) is 30.3 Å². The molecule has 158 valence electrons. The Kier molecular flexibility index (Phi) is 5.14. The molecule has 4 heterocycles. The minimum absolute atomic E-state index is 0.198. The average Bonchev–Trinajstić information content (AvgIpc) is 2.79. The Hall–Kier alpha value is -2.91. The van der Waals surface area contributed by atoms with Crippen molar-refractivity contribution >= 4 is 17.4 Å². The second kappa shape index (κ2) is 8.08. The van der Waals surface area contributed by atoms with Crippen molar-refractivity contribution in [2.24, 2.45) is 0 Å². The molecule has 0 spiro atoms. The zero-order valence-corrected chi connectivity index (χ0v) is 16.9. The highest BCUT2D eigenvalue weighted by Gasteiger charge is 2.34. The van der Waals surface area contributed by atoms with E-state index in [0.717, 1.165) is 63.9 Å². The maximum absolute atomic E-state index is 12.6. The number of hydrogen-bond acceptors (Lipinski definition) is 8. The number of phenolic OH excluding ortho intramolecular Hbond substituents is 1. The molecule has 1 aromatic heterocycles. The zero-order chi connectivity index (χ0) is 20.5. The number of phenols is 1. The van der Waals surface area contributed by atoms with Gasteiger partial charge in [-0.15, -0.1) is 10.2 Å². The van der Waals surface area contributed by atoms with Crippen LogP contribution in [0, 0.1) is 0 Å². The molecule has 9 nitrogen and oxygen atoms in total. The number of benzene rings is 1. The summed E-state index contributed by atoms with van der Waals surface area (Å²) >= 11 is 0. The van der Waals surface area contributed by atoms with Gasteiger partial charge in [0.2, 0.25) is 5.91 Å². The van der Waals surface area contributed by atoms with E-state index in [9.17, 15) is 9.90 Å². The smallest absolute Gasteiger partial charge is 0.236 e. The summed E-state index contributed by atoms with van der Waals surface area (Å²) in [7, 11) is 0. The van der Waals surface area contributed by atoms with Crippen LogP contribution in [0.25, 0.3) is 11.3 Å². The lowest BCUT2D eigenvalue weighted by Gasteiger charge is -2.46. The summed E-state index contributed by atoms with van der Waals surface area (Å²) in [6.07, 6.45) is 0. The predicted molar refractivity (Wildman–Crippen MR) is 115 cm³/mol. The van der Waals surface area contributed by atoms with E-state index in [-0.39, 0.29) is 17.7 Å². The normalized spacial score (nSPS) is 21.5. The van der Waals surface area contributed by atoms with Gasteiger partial charge in [-0.05, 0) is 18.2 Å². The molecule has 0 bridgehead atoms. The number of fused-ring (bicyclic) bond motifs is 3. The minimum atomic E-state index is 0.198. The fraction of sp³-hybridized carbons (Fsp3) is 0.476. The zero-order valence-electron chi connectivity index (χ0n) is 16.9. The SMILES string of the molecule is O=C(CN1CCN2c3cc(-c4ccccc4O)nnc3NC[C@H]2C1)N1CCNCC1. The molecule has 2 fully saturated rings. The Morgan fingerprint density at radius 3 is 2.80 bits per heavy atom. The minimum Gasteiger partial charge on any atom is -0.507 e. The first-order valence-corrected chi connectivity index (χ1v) is 10.6. The molecular weight excluding hydrogens is 382 g/mol. The van der Waals surface area contributed by atoms with E-state index in [0.29, 0.717) is 17.8 Å². The second-order valence-corrected chi connectivity index (χ2v) is 8.07. The number of aromatic nitrogens is 2. The number of para-hydroxylation sites is 1. The first-order valence-electron chi connectivity index (χ1n) is 10.6. The Bertz CT molecular complexity index is 931. The van der Waals surface area contributed by atoms with E-state index in [1.807, 2.05) is 23.1 Å². The lowest BCUT2D eigenvalue weighted by atomic mass is 10.1. The van der Waals surface area contributed by atoms with Gasteiger partial charge < -0.3 is 25.5 Å². The maximum Gasteiger partial charge on any atom is 0.236 e. The van der Waals surface area contributed by atoms with E-state index in [4.69, 9.17) is 0 Å². The number of carbonyl (C=O) groups excluding carboxylic acids is 1. The number of nitrogens with zero attached hydrogens (tertiary/aromatic N) is 5. The van der Waals surface area contributed by atoms with Gasteiger partial charge in [-0.2, -0.15) is 0 Å². The van der Waals surface area contributed by atoms with Crippen molar-refractivity contribution in [2.75, 3.05) is 69.1 Å². The molecule has 3 aliphatic heterocycles. The fourth-order valence-electron chi connectivity index (χ4n) is 4.52. The van der Waals surface area contributed by atoms with E-state index in [2.05, 4.69) is 30.6 Å². The van der Waals surface area contributed by atoms with Gasteiger partial charge in [0, 0.05) is 57.9 Å². The van der Waals surface area contributed by atoms with Gasteiger partial charge in [-0.1, -0.05) is 12.1 Å². The number of hydrogen-bond donors (Lipinski definition) is 3. The molecule has 2 saturated heterocycles. The molecule has 30 heavy (non-hydrogen) atoms. The van der Waals surface area contributed by atoms with E-state index < -0.39 is 0 Å². The van der Waals surface area contributed by atoms with Crippen LogP contribution in [-0.4, -0.2) is 96.0 Å². The Morgan fingerprint density at radius 2 is 1.97 bits per heavy atom. The number of rotatable bonds is 3. The third-order valence-electron chi connectivity index (χ3n) is 6.16. The molecule has 9 heteroatoms. The van der Waals surface area contributed by atoms with E-state index >= 15 is 0 Å². The number of amides is 1. The van der Waals surface area contributed by atoms with Crippen molar-refractivity contribution in [3.8, 4) is 17.0 Å². The quantitative estimate of drug-likeness (QED) is 0.662. The van der Waals surface area contributed by atoms with Crippen molar-refractivity contribution in [3.63, 3.8) is 0 Å². The van der Waals surface area contributed by atoms with Crippen molar-refractivity contribution < 1.29 is 9.90 Å². The van der Waals surface area contributed by atoms with Gasteiger partial charge in [0.15, 0.2) is 5.82 Å². The van der Waals surface area contributed by atoms with Crippen LogP contribution in [0.4, 0.5) is 11.5 Å². The standard InChI is InChI=1S/C21H27N7O2/c29-19-4-2-1-3-16(19)17-11-18-21(25-24-17)23-12-15-13-26(9-10-28(15)18)14-20(30)27-7-5-22-6-8-27/h1-4,11,15,22,29H,5-10,12-14H2,(H,23,25)/t15-/m0/s1. The average molecular weight is 409 g/mol. The number of anilines is 2. The first kappa shape index (κ1) is 19.1. The van der Waals surface area contributed by atoms with Crippen LogP contribution >= 0.6 is 0 Å². The molecular formula is C21H27N7O2. The summed E-state index contributed by atoms with van der Waals surface area (Å²) in [5.74, 6) is 1.20. The molecule has 5 rings (SSSR count). The van der Waals surface area contributed by atoms with Crippen LogP contribution in [0.1, 0.15) is 0 Å². The maximum atomic E-state index is 12.6. The molecule has 1 aromatic carbocycles. The van der Waals surface area contributed by atoms with Crippen molar-refractivity contribution in [2.45, 2.75) is 6.04 Å². The number of nitrogens with one attached hydrogen (secondary N) is 2. The number of aromatic hydroxyl groups is 1. The van der Waals surface area contributed by atoms with Gasteiger partial charge in [0.25, 0.3) is 0 Å². The Morgan fingerprint density at radius 1 is 1.13 bits per heavy atom. The fourth-order valence-corrected chi connectivity index (χ4v) is 4.52. The summed E-state index contributed by atoms with van der Waals surface area (Å²) in [5, 5.41) is 25.5. The van der Waals surface area contributed by atoms with Crippen LogP contribution in [-0.2, 0) is 4.79 Å². The van der Waals surface area contributed by atoms with Crippen molar-refractivity contribution in [1.82, 2.24) is 25.3 Å². The van der Waals surface area contributed by atoms with E-state index in [1.54, 1.807) is 12.1 Å². The molecule has 0 unspecified atom stereocenters. The highest BCUT2D eigenvalue weighted by atomic mass is 16.3. The summed E-state index contributed by atoms with van der Waals surface area (Å²) in [6, 6.07) is 9.45. The van der Waals surface area contributed by atoms with Gasteiger partial charge >= 0.3 is 0 Å². The summed E-state index contributed by atoms with van der Waals surface area (Å²) in [5.41, 5.74) is 2.34. The van der Waals surface area contributed by atoms with Crippen LogP contribution < -0.4 is 15.5 Å². The monoisotopic (exact) mass is 409 g/mol. The highest BCUT2D eigenvalue weighted by Crippen LogP contribution is 2.35. The molecule has 3 aliphatic rings. The Labute approximate surface area is 175 Å². The topological polar surface area (TPSA) is 96.9 Å². The lowest BCUT2D eigenvalue weighted by molar-refractivity contribution is -0.133. The largest absolute Gasteiger partial charge is 0.507 e. The van der Waals surface area contributed by atoms with Gasteiger partial charge in [-0.3, -0.25) is 9.69 Å². The Balaban J connectivity index is 1.30. The van der Waals surface area contributed by atoms with Crippen LogP contribution in [0.2, 0.25) is 0 Å². The van der Waals surface area contributed by atoms with Crippen LogP contribution in [0.5, 0.6) is 5.75 Å². The summed E-state index contributed by atoms with van der Waals surface area (Å²) in [6.45, 7) is 7.10. The lowest BCUT2D eigenvalue weighted by Crippen LogP contribution is -2.59. The third kappa shape index (κ3) is 3.66. The molecule has 0 saturated carbocycles. The number of carbonyl (C=O) groups is 1. The predicted octanol–water partition coefficient (Wildman–Crippen LogP) is 0.197. The molecule has 3 N–H and O–H groups in total. The van der Waals surface area contributed by atoms with Gasteiger partial charge in [-0.25, -0.2) is 0 Å². The second-order valence-electron chi connectivity index (χ2n) is 8.07. The van der Waals surface area contributed by atoms with Crippen molar-refractivity contribution in [1.29, 1.82) is 0 Å². The third-order valence-corrected chi connectivity index (χ3v) is 6.16. The summed E-state index contributed by atoms with van der Waals surface area (Å²) < 4.78 is 0. The molecule has 0 aliphatic carbocycles. The molecule has 0 radical (unpaired) electrons. The molecule has 1 atom stereocenters. The van der Waals surface area contributed by atoms with Gasteiger partial charge in [0.1, 0.15) is 5.75 Å². The first-order chi connectivity index (χ1) is 14.7. The van der Waals surface area contributed by atoms with Crippen LogP contribution in [0.3, 0.4) is 0 Å². The van der Waals surface area contributed by atoms with Gasteiger partial charge in [0.05, 0.1) is 24.0 Å². The molecule has 2 aromatic rings. The molecule has 1 amide bonds. The van der Waals surface area contributed by atoms with Crippen LogP contribution in [0.15, 0.2) is 30.3 Å². The highest BCUT2D eigenvalue weighted by molar-refractivity contribution is 5.79. The van der Waals surface area contributed by atoms with E-state index in [1.165, 1.54) is 0 Å². The summed E-state index contributed by atoms with van der Waals surface area (Å²) in [4.78, 5) is 19.2. The number of piperazine rings is 2.